The Bertz CT molecular complexity index is 600. The summed E-state index contributed by atoms with van der Waals surface area (Å²) in [5.74, 6) is 0.506. The molecular weight excluding hydrogens is 282 g/mol. The smallest absolute Gasteiger partial charge is 0.231 e. The lowest BCUT2D eigenvalue weighted by atomic mass is 10.3. The summed E-state index contributed by atoms with van der Waals surface area (Å²) in [4.78, 5) is 20.5. The van der Waals surface area contributed by atoms with Crippen LogP contribution in [0.25, 0.3) is 10.2 Å². The van der Waals surface area contributed by atoms with Gasteiger partial charge in [-0.25, -0.2) is 4.98 Å². The van der Waals surface area contributed by atoms with Crippen molar-refractivity contribution in [2.45, 2.75) is 19.3 Å². The van der Waals surface area contributed by atoms with E-state index < -0.39 is 0 Å². The van der Waals surface area contributed by atoms with Crippen LogP contribution in [0.15, 0.2) is 24.3 Å². The summed E-state index contributed by atoms with van der Waals surface area (Å²) in [5, 5.41) is 0.863. The maximum Gasteiger partial charge on any atom is 0.231 e. The standard InChI is InChI=1S/C16H21N3OS/c1-18(2)10-5-11-19(15(20)12-8-9-12)16-17-13-6-3-4-7-14(13)21-16/h3-4,6-7,12H,5,8-11H2,1-2H3/p+1. The molecule has 5 heteroatoms. The summed E-state index contributed by atoms with van der Waals surface area (Å²) in [6, 6.07) is 8.10. The highest BCUT2D eigenvalue weighted by molar-refractivity contribution is 7.22. The van der Waals surface area contributed by atoms with Crippen LogP contribution >= 0.6 is 11.3 Å². The van der Waals surface area contributed by atoms with E-state index in [4.69, 9.17) is 0 Å². The van der Waals surface area contributed by atoms with Crippen molar-refractivity contribution in [3.63, 3.8) is 0 Å². The molecule has 1 heterocycles. The zero-order chi connectivity index (χ0) is 14.8. The number of nitrogens with zero attached hydrogens (tertiary/aromatic N) is 2. The first-order chi connectivity index (χ1) is 10.1. The number of nitrogens with one attached hydrogen (secondary N) is 1. The van der Waals surface area contributed by atoms with Gasteiger partial charge in [0, 0.05) is 18.9 Å². The highest BCUT2D eigenvalue weighted by atomic mass is 32.1. The zero-order valence-electron chi connectivity index (χ0n) is 12.6. The second-order valence-electron chi connectivity index (χ2n) is 6.04. The Hall–Kier alpha value is -1.46. The Balaban J connectivity index is 1.81. The highest BCUT2D eigenvalue weighted by Crippen LogP contribution is 2.35. The van der Waals surface area contributed by atoms with Crippen LogP contribution in [0.2, 0.25) is 0 Å². The number of aromatic nitrogens is 1. The van der Waals surface area contributed by atoms with E-state index in [-0.39, 0.29) is 11.8 Å². The Labute approximate surface area is 129 Å². The van der Waals surface area contributed by atoms with Gasteiger partial charge >= 0.3 is 0 Å². The summed E-state index contributed by atoms with van der Waals surface area (Å²) in [5.41, 5.74) is 0.990. The first-order valence-electron chi connectivity index (χ1n) is 7.61. The van der Waals surface area contributed by atoms with E-state index in [0.717, 1.165) is 47.7 Å². The molecule has 1 aromatic heterocycles. The minimum atomic E-state index is 0.240. The molecule has 0 radical (unpaired) electrons. The van der Waals surface area contributed by atoms with Crippen LogP contribution < -0.4 is 9.80 Å². The number of amides is 1. The molecule has 1 N–H and O–H groups in total. The van der Waals surface area contributed by atoms with Gasteiger partial charge in [-0.2, -0.15) is 0 Å². The minimum absolute atomic E-state index is 0.240. The maximum atomic E-state index is 12.5. The van der Waals surface area contributed by atoms with Crippen molar-refractivity contribution >= 4 is 32.6 Å². The maximum absolute atomic E-state index is 12.5. The van der Waals surface area contributed by atoms with Gasteiger partial charge in [-0.05, 0) is 25.0 Å². The monoisotopic (exact) mass is 304 g/mol. The molecule has 0 aliphatic heterocycles. The van der Waals surface area contributed by atoms with Gasteiger partial charge in [0.15, 0.2) is 5.13 Å². The molecule has 0 atom stereocenters. The van der Waals surface area contributed by atoms with E-state index in [9.17, 15) is 4.79 Å². The number of quaternary nitrogens is 1. The van der Waals surface area contributed by atoms with Crippen LogP contribution in [0, 0.1) is 5.92 Å². The molecule has 1 amide bonds. The first-order valence-corrected chi connectivity index (χ1v) is 8.43. The molecule has 1 saturated carbocycles. The highest BCUT2D eigenvalue weighted by Gasteiger charge is 2.35. The fraction of sp³-hybridized carbons (Fsp3) is 0.500. The fourth-order valence-electron chi connectivity index (χ4n) is 2.42. The van der Waals surface area contributed by atoms with E-state index >= 15 is 0 Å². The van der Waals surface area contributed by atoms with Gasteiger partial charge in [-0.1, -0.05) is 23.5 Å². The van der Waals surface area contributed by atoms with E-state index in [2.05, 4.69) is 25.1 Å². The lowest BCUT2D eigenvalue weighted by molar-refractivity contribution is -0.858. The van der Waals surface area contributed by atoms with Gasteiger partial charge in [0.1, 0.15) is 0 Å². The van der Waals surface area contributed by atoms with Crippen molar-refractivity contribution in [3.05, 3.63) is 24.3 Å². The largest absolute Gasteiger partial charge is 0.340 e. The average molecular weight is 304 g/mol. The lowest BCUT2D eigenvalue weighted by Gasteiger charge is -2.20. The molecule has 0 saturated heterocycles. The quantitative estimate of drug-likeness (QED) is 0.880. The fourth-order valence-corrected chi connectivity index (χ4v) is 3.41. The van der Waals surface area contributed by atoms with Crippen molar-refractivity contribution in [1.29, 1.82) is 0 Å². The second-order valence-corrected chi connectivity index (χ2v) is 7.05. The first kappa shape index (κ1) is 14.5. The van der Waals surface area contributed by atoms with E-state index in [1.165, 1.54) is 4.90 Å². The van der Waals surface area contributed by atoms with Crippen molar-refractivity contribution < 1.29 is 9.69 Å². The molecule has 1 aliphatic carbocycles. The molecule has 1 aliphatic rings. The van der Waals surface area contributed by atoms with E-state index in [1.807, 2.05) is 23.1 Å². The number of hydrogen-bond acceptors (Lipinski definition) is 3. The summed E-state index contributed by atoms with van der Waals surface area (Å²) < 4.78 is 1.15. The topological polar surface area (TPSA) is 37.6 Å². The van der Waals surface area contributed by atoms with Gasteiger partial charge in [0.2, 0.25) is 5.91 Å². The number of thiazole rings is 1. The van der Waals surface area contributed by atoms with Gasteiger partial charge in [-0.15, -0.1) is 0 Å². The predicted molar refractivity (Wildman–Crippen MR) is 87.0 cm³/mol. The second kappa shape index (κ2) is 6.12. The van der Waals surface area contributed by atoms with Gasteiger partial charge in [-0.3, -0.25) is 9.69 Å². The third-order valence-corrected chi connectivity index (χ3v) is 4.82. The molecule has 21 heavy (non-hydrogen) atoms. The van der Waals surface area contributed by atoms with Crippen molar-refractivity contribution in [2.24, 2.45) is 5.92 Å². The molecular formula is C16H22N3OS+. The summed E-state index contributed by atoms with van der Waals surface area (Å²) in [6.07, 6.45) is 3.09. The van der Waals surface area contributed by atoms with Crippen LogP contribution in [0.4, 0.5) is 5.13 Å². The number of hydrogen-bond donors (Lipinski definition) is 1. The normalized spacial score (nSPS) is 14.8. The van der Waals surface area contributed by atoms with Crippen LogP contribution in [-0.2, 0) is 4.79 Å². The molecule has 4 nitrogen and oxygen atoms in total. The van der Waals surface area contributed by atoms with Gasteiger partial charge < -0.3 is 4.90 Å². The average Bonchev–Trinajstić information content (AvgIpc) is 3.22. The van der Waals surface area contributed by atoms with E-state index in [0.29, 0.717) is 0 Å². The number of anilines is 1. The number of fused-ring (bicyclic) bond motifs is 1. The van der Waals surface area contributed by atoms with Crippen molar-refractivity contribution in [1.82, 2.24) is 4.98 Å². The Morgan fingerprint density at radius 3 is 2.81 bits per heavy atom. The Morgan fingerprint density at radius 2 is 2.14 bits per heavy atom. The molecule has 0 unspecified atom stereocenters. The number of carbonyl (C=O) groups is 1. The van der Waals surface area contributed by atoms with Crippen LogP contribution in [0.3, 0.4) is 0 Å². The SMILES string of the molecule is C[NH+](C)CCCN(C(=O)C1CC1)c1nc2ccccc2s1. The summed E-state index contributed by atoms with van der Waals surface area (Å²) in [6.45, 7) is 1.85. The zero-order valence-corrected chi connectivity index (χ0v) is 13.4. The number of rotatable bonds is 6. The summed E-state index contributed by atoms with van der Waals surface area (Å²) >= 11 is 1.62. The number of para-hydroxylation sites is 1. The van der Waals surface area contributed by atoms with Gasteiger partial charge in [0.25, 0.3) is 0 Å². The van der Waals surface area contributed by atoms with Crippen LogP contribution in [0.1, 0.15) is 19.3 Å². The molecule has 2 aromatic rings. The number of carbonyl (C=O) groups excluding carboxylic acids is 1. The van der Waals surface area contributed by atoms with Crippen molar-refractivity contribution in [2.75, 3.05) is 32.1 Å². The molecule has 0 bridgehead atoms. The number of benzene rings is 1. The van der Waals surface area contributed by atoms with Crippen molar-refractivity contribution in [3.8, 4) is 0 Å². The third-order valence-electron chi connectivity index (χ3n) is 3.76. The van der Waals surface area contributed by atoms with Crippen LogP contribution in [-0.4, -0.2) is 38.1 Å². The Morgan fingerprint density at radius 1 is 1.38 bits per heavy atom. The predicted octanol–water partition coefficient (Wildman–Crippen LogP) is 1.57. The molecule has 112 valence electrons. The Kier molecular flexibility index (Phi) is 4.22. The molecule has 3 rings (SSSR count). The summed E-state index contributed by atoms with van der Waals surface area (Å²) in [7, 11) is 4.29. The van der Waals surface area contributed by atoms with E-state index in [1.54, 1.807) is 11.3 Å². The molecule has 1 fully saturated rings. The third kappa shape index (κ3) is 3.41. The van der Waals surface area contributed by atoms with Gasteiger partial charge in [0.05, 0.1) is 30.9 Å². The molecule has 0 spiro atoms. The molecule has 1 aromatic carbocycles. The minimum Gasteiger partial charge on any atom is -0.340 e. The van der Waals surface area contributed by atoms with Crippen LogP contribution in [0.5, 0.6) is 0 Å². The lowest BCUT2D eigenvalue weighted by Crippen LogP contribution is -3.05.